The summed E-state index contributed by atoms with van der Waals surface area (Å²) in [4.78, 5) is 71.9. The van der Waals surface area contributed by atoms with E-state index in [0.717, 1.165) is 65.3 Å². The number of benzene rings is 2. The minimum Gasteiger partial charge on any atom is -0.363 e. The second kappa shape index (κ2) is 17.2. The van der Waals surface area contributed by atoms with Crippen LogP contribution in [0.1, 0.15) is 76.8 Å². The summed E-state index contributed by atoms with van der Waals surface area (Å²) in [5, 5.41) is 9.41. The molecule has 1 unspecified atom stereocenters. The van der Waals surface area contributed by atoms with Crippen LogP contribution in [0.25, 0.3) is 22.4 Å². The van der Waals surface area contributed by atoms with E-state index in [1.54, 1.807) is 28.2 Å². The lowest BCUT2D eigenvalue weighted by molar-refractivity contribution is -0.135. The third kappa shape index (κ3) is 8.69. The molecule has 0 aliphatic carbocycles. The molecule has 6 amide bonds. The average Bonchev–Trinajstić information content (AvgIpc) is 4.02. The van der Waals surface area contributed by atoms with E-state index < -0.39 is 12.1 Å². The molecule has 0 saturated carbocycles. The number of rotatable bonds is 11. The lowest BCUT2D eigenvalue weighted by atomic mass is 9.99. The molecule has 0 bridgehead atoms. The van der Waals surface area contributed by atoms with E-state index in [1.165, 1.54) is 9.80 Å². The maximum Gasteiger partial charge on any atom is 0.317 e. The molecule has 56 heavy (non-hydrogen) atoms. The molecule has 0 radical (unpaired) electrons. The maximum atomic E-state index is 13.7. The number of likely N-dealkylation sites (tertiary alicyclic amines) is 2. The molecular weight excluding hydrogens is 709 g/mol. The van der Waals surface area contributed by atoms with Crippen molar-refractivity contribution < 1.29 is 19.2 Å². The first kappa shape index (κ1) is 40.3. The smallest absolute Gasteiger partial charge is 0.317 e. The molecule has 300 valence electrons. The molecule has 3 aliphatic heterocycles. The number of urea groups is 2. The monoisotopic (exact) mass is 766 g/mol. The summed E-state index contributed by atoms with van der Waals surface area (Å²) in [7, 11) is 6.68. The standard InChI is InChI=1S/C42H58N10O4/c1-25(2)35(47-41(55)49(5)6)39(53)51-21-9-11-33(51)37-43-23-31(45-37)29-17-13-27(14-18-29)28-15-19-30(20-16-28)32-24-44-38(46-32)34-12-10-22-52(34)40(54)36(26(3)4)48-42(56)50(7)8/h13-20,23,25-26,32-36H,9-12,21-22,24H2,1-8H3,(H,43,45)(H,44,46)(H,47,55)(H,48,56)/t32?,33-,34-,35-,36-/m0/s1. The Morgan fingerprint density at radius 2 is 1.20 bits per heavy atom. The predicted octanol–water partition coefficient (Wildman–Crippen LogP) is 5.03. The number of amidine groups is 1. The van der Waals surface area contributed by atoms with E-state index in [1.807, 2.05) is 43.7 Å². The van der Waals surface area contributed by atoms with Gasteiger partial charge in [0.2, 0.25) is 11.8 Å². The van der Waals surface area contributed by atoms with Crippen molar-refractivity contribution in [1.82, 2.24) is 45.5 Å². The number of amides is 6. The molecule has 0 spiro atoms. The van der Waals surface area contributed by atoms with Gasteiger partial charge in [-0.05, 0) is 59.8 Å². The van der Waals surface area contributed by atoms with Crippen molar-refractivity contribution in [2.24, 2.45) is 16.8 Å². The molecule has 4 N–H and O–H groups in total. The molecule has 2 aromatic carbocycles. The summed E-state index contributed by atoms with van der Waals surface area (Å²) in [6, 6.07) is 14.8. The molecule has 2 fully saturated rings. The summed E-state index contributed by atoms with van der Waals surface area (Å²) < 4.78 is 0. The highest BCUT2D eigenvalue weighted by molar-refractivity contribution is 5.95. The number of imidazole rings is 1. The van der Waals surface area contributed by atoms with Crippen molar-refractivity contribution in [3.8, 4) is 22.4 Å². The zero-order valence-corrected chi connectivity index (χ0v) is 34.0. The minimum absolute atomic E-state index is 0.0158. The molecule has 14 nitrogen and oxygen atoms in total. The fraction of sp³-hybridized carbons (Fsp3) is 0.524. The van der Waals surface area contributed by atoms with Crippen LogP contribution in [-0.2, 0) is 9.59 Å². The van der Waals surface area contributed by atoms with E-state index >= 15 is 0 Å². The Morgan fingerprint density at radius 3 is 1.71 bits per heavy atom. The Hall–Kier alpha value is -5.40. The molecular formula is C42H58N10O4. The summed E-state index contributed by atoms with van der Waals surface area (Å²) in [6.45, 7) is 9.66. The molecule has 4 heterocycles. The zero-order valence-electron chi connectivity index (χ0n) is 34.0. The van der Waals surface area contributed by atoms with Gasteiger partial charge < -0.3 is 40.5 Å². The Morgan fingerprint density at radius 1 is 0.714 bits per heavy atom. The van der Waals surface area contributed by atoms with Gasteiger partial charge in [0.15, 0.2) is 0 Å². The van der Waals surface area contributed by atoms with Gasteiger partial charge >= 0.3 is 12.1 Å². The number of nitrogens with one attached hydrogen (secondary N) is 4. The lowest BCUT2D eigenvalue weighted by Gasteiger charge is -2.32. The fourth-order valence-electron chi connectivity index (χ4n) is 7.79. The average molecular weight is 767 g/mol. The lowest BCUT2D eigenvalue weighted by Crippen LogP contribution is -2.56. The topological polar surface area (TPSA) is 158 Å². The largest absolute Gasteiger partial charge is 0.363 e. The van der Waals surface area contributed by atoms with Crippen molar-refractivity contribution in [3.63, 3.8) is 0 Å². The van der Waals surface area contributed by atoms with E-state index in [-0.39, 0.29) is 53.8 Å². The summed E-state index contributed by atoms with van der Waals surface area (Å²) in [5.41, 5.74) is 5.19. The summed E-state index contributed by atoms with van der Waals surface area (Å²) >= 11 is 0. The number of hydrogen-bond donors (Lipinski definition) is 4. The number of aliphatic imine (C=N–C) groups is 1. The molecule has 14 heteroatoms. The van der Waals surface area contributed by atoms with Crippen LogP contribution >= 0.6 is 0 Å². The second-order valence-corrected chi connectivity index (χ2v) is 16.3. The van der Waals surface area contributed by atoms with Crippen molar-refractivity contribution >= 4 is 29.7 Å². The Kier molecular flexibility index (Phi) is 12.3. The highest BCUT2D eigenvalue weighted by Gasteiger charge is 2.40. The Bertz CT molecular complexity index is 1900. The molecule has 5 atom stereocenters. The van der Waals surface area contributed by atoms with E-state index in [0.29, 0.717) is 19.6 Å². The molecule has 2 saturated heterocycles. The van der Waals surface area contributed by atoms with Crippen LogP contribution in [0.2, 0.25) is 0 Å². The van der Waals surface area contributed by atoms with Crippen LogP contribution in [0.4, 0.5) is 9.59 Å². The number of aromatic amines is 1. The molecule has 6 rings (SSSR count). The molecule has 3 aromatic rings. The number of aromatic nitrogens is 2. The first-order chi connectivity index (χ1) is 26.7. The van der Waals surface area contributed by atoms with Gasteiger partial charge in [-0.2, -0.15) is 0 Å². The van der Waals surface area contributed by atoms with Crippen molar-refractivity contribution in [2.45, 2.75) is 83.6 Å². The van der Waals surface area contributed by atoms with Gasteiger partial charge in [0.1, 0.15) is 23.7 Å². The predicted molar refractivity (Wildman–Crippen MR) is 218 cm³/mol. The van der Waals surface area contributed by atoms with Crippen LogP contribution in [0.5, 0.6) is 0 Å². The summed E-state index contributed by atoms with van der Waals surface area (Å²) in [6.07, 6.45) is 5.23. The quantitative estimate of drug-likeness (QED) is 0.214. The van der Waals surface area contributed by atoms with Crippen LogP contribution in [-0.4, -0.2) is 125 Å². The van der Waals surface area contributed by atoms with Gasteiger partial charge in [-0.3, -0.25) is 14.6 Å². The van der Waals surface area contributed by atoms with E-state index in [4.69, 9.17) is 9.98 Å². The van der Waals surface area contributed by atoms with Gasteiger partial charge in [0.25, 0.3) is 0 Å². The first-order valence-electron chi connectivity index (χ1n) is 19.9. The number of hydrogen-bond acceptors (Lipinski definition) is 7. The van der Waals surface area contributed by atoms with Crippen molar-refractivity contribution in [1.29, 1.82) is 0 Å². The SMILES string of the molecule is CC(C)[C@H](NC(=O)N(C)C)C(=O)N1CCC[C@H]1C1=NCC(c2ccc(-c3ccc(-c4cnc([C@@H]5CCCN5C(=O)[C@@H](NC(=O)N(C)C)C(C)C)[nH]4)cc3)cc2)N1. The van der Waals surface area contributed by atoms with Crippen molar-refractivity contribution in [3.05, 3.63) is 66.1 Å². The normalized spacial score (nSPS) is 20.5. The second-order valence-electron chi connectivity index (χ2n) is 16.3. The summed E-state index contributed by atoms with van der Waals surface area (Å²) in [5.74, 6) is 1.33. The highest BCUT2D eigenvalue weighted by Crippen LogP contribution is 2.34. The Labute approximate surface area is 330 Å². The fourth-order valence-corrected chi connectivity index (χ4v) is 7.79. The van der Waals surface area contributed by atoms with Gasteiger partial charge in [-0.1, -0.05) is 76.2 Å². The number of H-pyrrole nitrogens is 1. The maximum absolute atomic E-state index is 13.7. The van der Waals surface area contributed by atoms with E-state index in [9.17, 15) is 19.2 Å². The highest BCUT2D eigenvalue weighted by atomic mass is 16.2. The van der Waals surface area contributed by atoms with Crippen LogP contribution < -0.4 is 16.0 Å². The van der Waals surface area contributed by atoms with E-state index in [2.05, 4.69) is 69.5 Å². The third-order valence-electron chi connectivity index (χ3n) is 11.1. The van der Waals surface area contributed by atoms with Gasteiger partial charge in [0, 0.05) is 41.3 Å². The number of nitrogens with zero attached hydrogens (tertiary/aromatic N) is 6. The van der Waals surface area contributed by atoms with Crippen LogP contribution in [0.3, 0.4) is 0 Å². The minimum atomic E-state index is -0.615. The zero-order chi connectivity index (χ0) is 40.3. The van der Waals surface area contributed by atoms with Crippen LogP contribution in [0.15, 0.2) is 59.7 Å². The van der Waals surface area contributed by atoms with Gasteiger partial charge in [0.05, 0.1) is 36.6 Å². The molecule has 1 aromatic heterocycles. The number of carbonyl (C=O) groups is 4. The van der Waals surface area contributed by atoms with Gasteiger partial charge in [-0.25, -0.2) is 14.6 Å². The first-order valence-corrected chi connectivity index (χ1v) is 19.9. The Balaban J connectivity index is 1.07. The van der Waals surface area contributed by atoms with Crippen LogP contribution in [0, 0.1) is 11.8 Å². The molecule has 3 aliphatic rings. The number of carbonyl (C=O) groups excluding carboxylic acids is 4. The van der Waals surface area contributed by atoms with Crippen molar-refractivity contribution in [2.75, 3.05) is 47.8 Å². The third-order valence-corrected chi connectivity index (χ3v) is 11.1. The van der Waals surface area contributed by atoms with Gasteiger partial charge in [-0.15, -0.1) is 0 Å².